The zero-order valence-electron chi connectivity index (χ0n) is 5.25. The van der Waals surface area contributed by atoms with E-state index in [4.69, 9.17) is 0 Å². The molecule has 0 rings (SSSR count). The molecule has 9 heavy (non-hydrogen) atoms. The van der Waals surface area contributed by atoms with Crippen LogP contribution in [0, 0.1) is 0 Å². The molecule has 0 radical (unpaired) electrons. The Bertz CT molecular complexity index is 85.9. The van der Waals surface area contributed by atoms with Crippen molar-refractivity contribution in [2.45, 2.75) is 0 Å². The maximum absolute atomic E-state index is 10.2. The Morgan fingerprint density at radius 1 is 1.67 bits per heavy atom. The van der Waals surface area contributed by atoms with Crippen LogP contribution in [0.2, 0.25) is 0 Å². The third-order valence-electron chi connectivity index (χ3n) is 0.509. The van der Waals surface area contributed by atoms with Crippen molar-refractivity contribution in [2.24, 2.45) is 0 Å². The average Bonchev–Trinajstić information content (AvgIpc) is 1.89. The average molecular weight is 168 g/mol. The quantitative estimate of drug-likeness (QED) is 0.277. The first kappa shape index (κ1) is 8.97. The zero-order chi connectivity index (χ0) is 7.11. The van der Waals surface area contributed by atoms with Crippen LogP contribution >= 0.6 is 21.6 Å². The fourth-order valence-corrected chi connectivity index (χ4v) is 0.853. The molecule has 0 saturated heterocycles. The minimum absolute atomic E-state index is 0.341. The van der Waals surface area contributed by atoms with Gasteiger partial charge in [-0.1, -0.05) is 21.6 Å². The first-order valence-electron chi connectivity index (χ1n) is 2.17. The second-order valence-electron chi connectivity index (χ2n) is 1.00. The van der Waals surface area contributed by atoms with Crippen LogP contribution in [-0.2, 0) is 9.47 Å². The SMILES string of the molecule is COC(=O)OCSSC. The highest BCUT2D eigenvalue weighted by molar-refractivity contribution is 8.76. The standard InChI is InChI=1S/C4H8O3S2/c1-6-4(5)7-3-9-8-2/h3H2,1-2H3. The van der Waals surface area contributed by atoms with Crippen LogP contribution in [0.15, 0.2) is 0 Å². The van der Waals surface area contributed by atoms with E-state index in [9.17, 15) is 4.79 Å². The van der Waals surface area contributed by atoms with Gasteiger partial charge in [0.05, 0.1) is 7.11 Å². The molecule has 0 bridgehead atoms. The molecule has 0 aromatic rings. The summed E-state index contributed by atoms with van der Waals surface area (Å²) >= 11 is 0. The number of methoxy groups -OCH3 is 1. The summed E-state index contributed by atoms with van der Waals surface area (Å²) in [5, 5.41) is 0. The fourth-order valence-electron chi connectivity index (χ4n) is 0.179. The van der Waals surface area contributed by atoms with Gasteiger partial charge in [0.1, 0.15) is 0 Å². The van der Waals surface area contributed by atoms with Gasteiger partial charge in [-0.2, -0.15) is 0 Å². The number of ether oxygens (including phenoxy) is 2. The van der Waals surface area contributed by atoms with E-state index in [-0.39, 0.29) is 0 Å². The Balaban J connectivity index is 2.97. The van der Waals surface area contributed by atoms with E-state index >= 15 is 0 Å². The summed E-state index contributed by atoms with van der Waals surface area (Å²) in [5.74, 6) is 0.341. The zero-order valence-corrected chi connectivity index (χ0v) is 6.88. The van der Waals surface area contributed by atoms with E-state index in [0.29, 0.717) is 5.94 Å². The van der Waals surface area contributed by atoms with Gasteiger partial charge in [-0.05, 0) is 6.26 Å². The molecule has 5 heteroatoms. The number of hydrogen-bond acceptors (Lipinski definition) is 5. The van der Waals surface area contributed by atoms with Crippen molar-refractivity contribution in [1.29, 1.82) is 0 Å². The number of carbonyl (C=O) groups excluding carboxylic acids is 1. The molecule has 0 aromatic carbocycles. The highest BCUT2D eigenvalue weighted by Crippen LogP contribution is 2.16. The third kappa shape index (κ3) is 5.85. The van der Waals surface area contributed by atoms with Gasteiger partial charge in [0.25, 0.3) is 0 Å². The molecule has 0 amide bonds. The van der Waals surface area contributed by atoms with Gasteiger partial charge in [0.2, 0.25) is 0 Å². The van der Waals surface area contributed by atoms with Crippen LogP contribution in [0.5, 0.6) is 0 Å². The molecule has 0 atom stereocenters. The smallest absolute Gasteiger partial charge is 0.438 e. The van der Waals surface area contributed by atoms with E-state index in [2.05, 4.69) is 9.47 Å². The van der Waals surface area contributed by atoms with Gasteiger partial charge < -0.3 is 9.47 Å². The van der Waals surface area contributed by atoms with Crippen molar-refractivity contribution in [1.82, 2.24) is 0 Å². The maximum Gasteiger partial charge on any atom is 0.508 e. The molecule has 54 valence electrons. The van der Waals surface area contributed by atoms with Crippen LogP contribution in [0.1, 0.15) is 0 Å². The van der Waals surface area contributed by atoms with E-state index in [1.165, 1.54) is 28.7 Å². The molecule has 0 spiro atoms. The Kier molecular flexibility index (Phi) is 6.08. The Hall–Kier alpha value is -0.0300. The van der Waals surface area contributed by atoms with Gasteiger partial charge in [0, 0.05) is 0 Å². The number of rotatable bonds is 3. The minimum atomic E-state index is -0.628. The van der Waals surface area contributed by atoms with Crippen LogP contribution < -0.4 is 0 Å². The monoisotopic (exact) mass is 168 g/mol. The van der Waals surface area contributed by atoms with E-state index in [1.807, 2.05) is 6.26 Å². The van der Waals surface area contributed by atoms with Gasteiger partial charge in [-0.3, -0.25) is 0 Å². The van der Waals surface area contributed by atoms with Crippen LogP contribution in [-0.4, -0.2) is 25.5 Å². The lowest BCUT2D eigenvalue weighted by Gasteiger charge is -1.98. The van der Waals surface area contributed by atoms with Gasteiger partial charge in [-0.25, -0.2) is 4.79 Å². The summed E-state index contributed by atoms with van der Waals surface area (Å²) in [7, 11) is 4.27. The highest BCUT2D eigenvalue weighted by atomic mass is 33.1. The molecule has 0 aliphatic rings. The second-order valence-corrected chi connectivity index (χ2v) is 3.51. The molecule has 0 aromatic heterocycles. The normalized spacial score (nSPS) is 8.67. The van der Waals surface area contributed by atoms with Gasteiger partial charge >= 0.3 is 6.16 Å². The van der Waals surface area contributed by atoms with Crippen molar-refractivity contribution < 1.29 is 14.3 Å². The second kappa shape index (κ2) is 6.10. The van der Waals surface area contributed by atoms with Crippen molar-refractivity contribution in [2.75, 3.05) is 19.3 Å². The van der Waals surface area contributed by atoms with Crippen molar-refractivity contribution >= 4 is 27.7 Å². The topological polar surface area (TPSA) is 35.5 Å². The maximum atomic E-state index is 10.2. The van der Waals surface area contributed by atoms with Gasteiger partial charge in [-0.15, -0.1) is 0 Å². The number of hydrogen-bond donors (Lipinski definition) is 0. The number of carbonyl (C=O) groups is 1. The van der Waals surface area contributed by atoms with Gasteiger partial charge in [0.15, 0.2) is 5.94 Å². The lowest BCUT2D eigenvalue weighted by atomic mass is 11.3. The first-order chi connectivity index (χ1) is 4.31. The van der Waals surface area contributed by atoms with Crippen molar-refractivity contribution in [3.05, 3.63) is 0 Å². The van der Waals surface area contributed by atoms with Crippen LogP contribution in [0.3, 0.4) is 0 Å². The first-order valence-corrected chi connectivity index (χ1v) is 4.90. The van der Waals surface area contributed by atoms with Crippen LogP contribution in [0.25, 0.3) is 0 Å². The molecule has 0 N–H and O–H groups in total. The Morgan fingerprint density at radius 2 is 2.33 bits per heavy atom. The predicted octanol–water partition coefficient (Wildman–Crippen LogP) is 1.74. The lowest BCUT2D eigenvalue weighted by molar-refractivity contribution is 0.0882. The Labute approximate surface area is 61.9 Å². The van der Waals surface area contributed by atoms with E-state index in [0.717, 1.165) is 0 Å². The van der Waals surface area contributed by atoms with Crippen molar-refractivity contribution in [3.8, 4) is 0 Å². The van der Waals surface area contributed by atoms with Crippen molar-refractivity contribution in [3.63, 3.8) is 0 Å². The van der Waals surface area contributed by atoms with E-state index in [1.54, 1.807) is 0 Å². The fraction of sp³-hybridized carbons (Fsp3) is 0.750. The largest absolute Gasteiger partial charge is 0.508 e. The Morgan fingerprint density at radius 3 is 2.78 bits per heavy atom. The summed E-state index contributed by atoms with van der Waals surface area (Å²) in [6.45, 7) is 0. The summed E-state index contributed by atoms with van der Waals surface area (Å²) in [5.41, 5.74) is 0. The summed E-state index contributed by atoms with van der Waals surface area (Å²) < 4.78 is 8.73. The molecule has 0 heterocycles. The minimum Gasteiger partial charge on any atom is -0.438 e. The molecule has 0 aliphatic heterocycles. The summed E-state index contributed by atoms with van der Waals surface area (Å²) in [6.07, 6.45) is 1.28. The molecular weight excluding hydrogens is 160 g/mol. The molecule has 0 fully saturated rings. The molecular formula is C4H8O3S2. The highest BCUT2D eigenvalue weighted by Gasteiger charge is 1.97. The summed E-state index contributed by atoms with van der Waals surface area (Å²) in [6, 6.07) is 0. The molecule has 3 nitrogen and oxygen atoms in total. The third-order valence-corrected chi connectivity index (χ3v) is 1.95. The summed E-state index contributed by atoms with van der Waals surface area (Å²) in [4.78, 5) is 10.2. The van der Waals surface area contributed by atoms with E-state index < -0.39 is 6.16 Å². The van der Waals surface area contributed by atoms with Crippen LogP contribution in [0.4, 0.5) is 4.79 Å². The molecule has 0 saturated carbocycles. The predicted molar refractivity (Wildman–Crippen MR) is 39.5 cm³/mol. The lowest BCUT2D eigenvalue weighted by Crippen LogP contribution is -2.02. The molecule has 0 aliphatic carbocycles. The molecule has 0 unspecified atom stereocenters.